The van der Waals surface area contributed by atoms with Gasteiger partial charge in [0.15, 0.2) is 0 Å². The molecule has 0 aliphatic carbocycles. The highest BCUT2D eigenvalue weighted by Gasteiger charge is 2.34. The Morgan fingerprint density at radius 3 is 2.66 bits per heavy atom. The smallest absolute Gasteiger partial charge is 0.337 e. The molecule has 1 unspecified atom stereocenters. The molecule has 0 N–H and O–H groups in total. The normalized spacial score (nSPS) is 17.3. The van der Waals surface area contributed by atoms with Crippen LogP contribution in [0.15, 0.2) is 51.9 Å². The van der Waals surface area contributed by atoms with Crippen LogP contribution in [0.4, 0.5) is 4.39 Å². The molecule has 0 bridgehead atoms. The van der Waals surface area contributed by atoms with E-state index in [9.17, 15) is 17.6 Å². The van der Waals surface area contributed by atoms with Crippen molar-refractivity contribution in [2.45, 2.75) is 30.6 Å². The predicted octanol–water partition coefficient (Wildman–Crippen LogP) is 3.54. The average Bonchev–Trinajstić information content (AvgIpc) is 3.29. The third-order valence-electron chi connectivity index (χ3n) is 5.49. The van der Waals surface area contributed by atoms with Crippen molar-refractivity contribution in [2.75, 3.05) is 20.2 Å². The van der Waals surface area contributed by atoms with Crippen LogP contribution in [-0.2, 0) is 14.8 Å². The number of piperidine rings is 1. The molecule has 2 aromatic carbocycles. The summed E-state index contributed by atoms with van der Waals surface area (Å²) in [5.41, 5.74) is 1.37. The first-order valence-corrected chi connectivity index (χ1v) is 11.5. The fourth-order valence-corrected chi connectivity index (χ4v) is 5.53. The highest BCUT2D eigenvalue weighted by molar-refractivity contribution is 7.89. The molecule has 4 rings (SSSR count). The molecule has 0 saturated carbocycles. The minimum Gasteiger partial charge on any atom is -0.465 e. The Morgan fingerprint density at radius 2 is 1.97 bits per heavy atom. The van der Waals surface area contributed by atoms with Crippen molar-refractivity contribution >= 4 is 16.0 Å². The van der Waals surface area contributed by atoms with Gasteiger partial charge in [-0.3, -0.25) is 0 Å². The van der Waals surface area contributed by atoms with Crippen molar-refractivity contribution in [1.82, 2.24) is 14.4 Å². The van der Waals surface area contributed by atoms with E-state index in [1.54, 1.807) is 19.1 Å². The van der Waals surface area contributed by atoms with E-state index < -0.39 is 16.0 Å². The number of benzene rings is 2. The quantitative estimate of drug-likeness (QED) is 0.538. The largest absolute Gasteiger partial charge is 0.465 e. The van der Waals surface area contributed by atoms with Gasteiger partial charge in [-0.1, -0.05) is 5.16 Å². The van der Waals surface area contributed by atoms with Crippen LogP contribution < -0.4 is 0 Å². The topological polar surface area (TPSA) is 103 Å². The summed E-state index contributed by atoms with van der Waals surface area (Å²) in [6, 6.07) is 10.1. The van der Waals surface area contributed by atoms with E-state index in [0.717, 1.165) is 0 Å². The molecule has 168 valence electrons. The van der Waals surface area contributed by atoms with E-state index in [1.165, 1.54) is 41.7 Å². The van der Waals surface area contributed by atoms with Crippen LogP contribution in [0, 0.1) is 12.7 Å². The van der Waals surface area contributed by atoms with Gasteiger partial charge in [0, 0.05) is 18.7 Å². The van der Waals surface area contributed by atoms with Crippen LogP contribution in [0.3, 0.4) is 0 Å². The Balaban J connectivity index is 1.55. The molecule has 1 aliphatic heterocycles. The number of nitrogens with zero attached hydrogens (tertiary/aromatic N) is 3. The number of methoxy groups -OCH3 is 1. The molecule has 1 atom stereocenters. The first-order chi connectivity index (χ1) is 15.3. The lowest BCUT2D eigenvalue weighted by Crippen LogP contribution is -2.39. The molecule has 0 radical (unpaired) electrons. The average molecular weight is 459 g/mol. The second-order valence-corrected chi connectivity index (χ2v) is 9.54. The molecular formula is C22H22FN3O5S. The van der Waals surface area contributed by atoms with Gasteiger partial charge in [0.2, 0.25) is 21.7 Å². The predicted molar refractivity (Wildman–Crippen MR) is 113 cm³/mol. The number of esters is 1. The third kappa shape index (κ3) is 4.28. The molecule has 0 spiro atoms. The standard InChI is InChI=1S/C22H22FN3O5S/c1-14-12-16(22(27)30-2)7-10-19(14)32(28,29)26-11-3-4-17(13-26)21-24-20(25-31-21)15-5-8-18(23)9-6-15/h5-10,12,17H,3-4,11,13H2,1-2H3. The highest BCUT2D eigenvalue weighted by atomic mass is 32.2. The van der Waals surface area contributed by atoms with Crippen LogP contribution in [0.5, 0.6) is 0 Å². The van der Waals surface area contributed by atoms with E-state index in [0.29, 0.717) is 47.8 Å². The molecule has 3 aromatic rings. The first-order valence-electron chi connectivity index (χ1n) is 10.1. The summed E-state index contributed by atoms with van der Waals surface area (Å²) in [6.07, 6.45) is 1.34. The number of carbonyl (C=O) groups excluding carboxylic acids is 1. The molecule has 1 aromatic heterocycles. The Labute approximate surface area is 185 Å². The molecule has 32 heavy (non-hydrogen) atoms. The lowest BCUT2D eigenvalue weighted by molar-refractivity contribution is 0.0600. The van der Waals surface area contributed by atoms with Crippen LogP contribution in [0.25, 0.3) is 11.4 Å². The Hall–Kier alpha value is -3.11. The minimum atomic E-state index is -3.78. The molecule has 2 heterocycles. The fraction of sp³-hybridized carbons (Fsp3) is 0.318. The molecule has 10 heteroatoms. The summed E-state index contributed by atoms with van der Waals surface area (Å²) in [5.74, 6) is -0.463. The molecule has 1 saturated heterocycles. The van der Waals surface area contributed by atoms with Crippen molar-refractivity contribution in [3.8, 4) is 11.4 Å². The Kier molecular flexibility index (Phi) is 6.07. The van der Waals surface area contributed by atoms with E-state index in [4.69, 9.17) is 9.26 Å². The molecule has 1 aliphatic rings. The minimum absolute atomic E-state index is 0.142. The van der Waals surface area contributed by atoms with E-state index in [-0.39, 0.29) is 23.2 Å². The van der Waals surface area contributed by atoms with Crippen LogP contribution in [0.2, 0.25) is 0 Å². The van der Waals surface area contributed by atoms with Gasteiger partial charge in [-0.25, -0.2) is 17.6 Å². The number of ether oxygens (including phenoxy) is 1. The van der Waals surface area contributed by atoms with Gasteiger partial charge in [0.1, 0.15) is 5.82 Å². The molecule has 8 nitrogen and oxygen atoms in total. The zero-order valence-electron chi connectivity index (χ0n) is 17.6. The van der Waals surface area contributed by atoms with E-state index in [1.807, 2.05) is 0 Å². The molecule has 0 amide bonds. The zero-order chi connectivity index (χ0) is 22.9. The number of rotatable bonds is 5. The summed E-state index contributed by atoms with van der Waals surface area (Å²) < 4.78 is 51.3. The van der Waals surface area contributed by atoms with Gasteiger partial charge in [-0.2, -0.15) is 9.29 Å². The maximum absolute atomic E-state index is 13.3. The van der Waals surface area contributed by atoms with Crippen LogP contribution in [0.1, 0.15) is 40.6 Å². The number of aryl methyl sites for hydroxylation is 1. The van der Waals surface area contributed by atoms with Gasteiger partial charge >= 0.3 is 5.97 Å². The van der Waals surface area contributed by atoms with Crippen LogP contribution in [-0.4, -0.2) is 49.0 Å². The van der Waals surface area contributed by atoms with Gasteiger partial charge in [-0.15, -0.1) is 0 Å². The summed E-state index contributed by atoms with van der Waals surface area (Å²) in [4.78, 5) is 16.3. The monoisotopic (exact) mass is 459 g/mol. The summed E-state index contributed by atoms with van der Waals surface area (Å²) in [7, 11) is -2.51. The molecule has 1 fully saturated rings. The number of hydrogen-bond donors (Lipinski definition) is 0. The van der Waals surface area contributed by atoms with Crippen molar-refractivity contribution < 1.29 is 26.9 Å². The number of halogens is 1. The lowest BCUT2D eigenvalue weighted by atomic mass is 10.00. The highest BCUT2D eigenvalue weighted by Crippen LogP contribution is 2.31. The van der Waals surface area contributed by atoms with Gasteiger partial charge in [0.05, 0.1) is 23.5 Å². The first kappa shape index (κ1) is 22.1. The zero-order valence-corrected chi connectivity index (χ0v) is 18.4. The number of sulfonamides is 1. The van der Waals surface area contributed by atoms with Crippen molar-refractivity contribution in [3.63, 3.8) is 0 Å². The van der Waals surface area contributed by atoms with Crippen LogP contribution >= 0.6 is 0 Å². The van der Waals surface area contributed by atoms with Gasteiger partial charge < -0.3 is 9.26 Å². The SMILES string of the molecule is COC(=O)c1ccc(S(=O)(=O)N2CCCC(c3nc(-c4ccc(F)cc4)no3)C2)c(C)c1. The summed E-state index contributed by atoms with van der Waals surface area (Å²) in [5, 5.41) is 3.96. The summed E-state index contributed by atoms with van der Waals surface area (Å²) >= 11 is 0. The van der Waals surface area contributed by atoms with Crippen molar-refractivity contribution in [1.29, 1.82) is 0 Å². The Morgan fingerprint density at radius 1 is 1.22 bits per heavy atom. The maximum atomic E-state index is 13.3. The van der Waals surface area contributed by atoms with Crippen molar-refractivity contribution in [3.05, 3.63) is 65.3 Å². The van der Waals surface area contributed by atoms with Gasteiger partial charge in [0.25, 0.3) is 0 Å². The molecular weight excluding hydrogens is 437 g/mol. The van der Waals surface area contributed by atoms with E-state index >= 15 is 0 Å². The second kappa shape index (κ2) is 8.79. The lowest BCUT2D eigenvalue weighted by Gasteiger charge is -2.30. The van der Waals surface area contributed by atoms with Crippen molar-refractivity contribution in [2.24, 2.45) is 0 Å². The summed E-state index contributed by atoms with van der Waals surface area (Å²) in [6.45, 7) is 2.22. The Bertz CT molecular complexity index is 1240. The third-order valence-corrected chi connectivity index (χ3v) is 7.52. The van der Waals surface area contributed by atoms with E-state index in [2.05, 4.69) is 10.1 Å². The fourth-order valence-electron chi connectivity index (χ4n) is 3.80. The number of carbonyl (C=O) groups is 1. The van der Waals surface area contributed by atoms with Gasteiger partial charge in [-0.05, 0) is 67.8 Å². The number of aromatic nitrogens is 2. The second-order valence-electron chi connectivity index (χ2n) is 7.64. The number of hydrogen-bond acceptors (Lipinski definition) is 7. The maximum Gasteiger partial charge on any atom is 0.337 e.